The first-order valence-corrected chi connectivity index (χ1v) is 14.7. The van der Waals surface area contributed by atoms with Gasteiger partial charge in [0.15, 0.2) is 0 Å². The highest BCUT2D eigenvalue weighted by Crippen LogP contribution is 2.51. The minimum atomic E-state index is -2.15. The molecule has 0 fully saturated rings. The van der Waals surface area contributed by atoms with Crippen LogP contribution < -0.4 is 18.4 Å². The van der Waals surface area contributed by atoms with Crippen LogP contribution in [0.15, 0.2) is 122 Å². The molecule has 0 bridgehead atoms. The van der Waals surface area contributed by atoms with E-state index in [1.54, 1.807) is 46.3 Å². The zero-order valence-corrected chi connectivity index (χ0v) is 22.8. The van der Waals surface area contributed by atoms with Gasteiger partial charge in [-0.3, -0.25) is 0 Å². The van der Waals surface area contributed by atoms with Crippen molar-refractivity contribution in [3.05, 3.63) is 122 Å². The van der Waals surface area contributed by atoms with Crippen molar-refractivity contribution in [2.24, 2.45) is 0 Å². The minimum Gasteiger partial charge on any atom is -0.431 e. The first-order chi connectivity index (χ1) is 19.7. The summed E-state index contributed by atoms with van der Waals surface area (Å²) in [6, 6.07) is 29.7. The van der Waals surface area contributed by atoms with E-state index < -0.39 is 17.1 Å². The van der Waals surface area contributed by atoms with Gasteiger partial charge in [-0.05, 0) is 60.7 Å². The fourth-order valence-corrected chi connectivity index (χ4v) is 6.30. The molecule has 2 unspecified atom stereocenters. The van der Waals surface area contributed by atoms with Crippen molar-refractivity contribution in [1.29, 1.82) is 0 Å². The Morgan fingerprint density at radius 1 is 0.450 bits per heavy atom. The summed E-state index contributed by atoms with van der Waals surface area (Å²) in [7, 11) is -4.29. The molecule has 6 N–H and O–H groups in total. The van der Waals surface area contributed by atoms with Crippen LogP contribution in [0.5, 0.6) is 11.5 Å². The van der Waals surface area contributed by atoms with Crippen molar-refractivity contribution in [3.8, 4) is 22.6 Å². The SMILES string of the molecule is OP(Oc1ccccc1-c1ccccc1OP(O)N(c1ccc[nH]1)c1ccc[nH]1)N(c1ccc[nH]1)c1ccc[nH]1. The van der Waals surface area contributed by atoms with Crippen LogP contribution >= 0.6 is 17.1 Å². The van der Waals surface area contributed by atoms with Gasteiger partial charge in [0, 0.05) is 35.9 Å². The number of nitrogens with zero attached hydrogens (tertiary/aromatic N) is 2. The van der Waals surface area contributed by atoms with Crippen LogP contribution in [-0.4, -0.2) is 29.7 Å². The minimum absolute atomic E-state index is 0.461. The summed E-state index contributed by atoms with van der Waals surface area (Å²) >= 11 is 0. The molecular weight excluding hydrogens is 546 g/mol. The number of aromatic nitrogens is 4. The van der Waals surface area contributed by atoms with Gasteiger partial charge in [-0.25, -0.2) is 9.34 Å². The van der Waals surface area contributed by atoms with Crippen LogP contribution in [0.25, 0.3) is 11.1 Å². The molecule has 40 heavy (non-hydrogen) atoms. The summed E-state index contributed by atoms with van der Waals surface area (Å²) in [6.07, 6.45) is 7.14. The van der Waals surface area contributed by atoms with Crippen LogP contribution in [0.4, 0.5) is 23.3 Å². The zero-order valence-electron chi connectivity index (χ0n) is 21.0. The van der Waals surface area contributed by atoms with E-state index in [0.29, 0.717) is 45.9 Å². The number of nitrogens with one attached hydrogen (secondary N) is 4. The average molecular weight is 573 g/mol. The Bertz CT molecular complexity index is 1420. The van der Waals surface area contributed by atoms with Gasteiger partial charge in [0.1, 0.15) is 34.8 Å². The number of para-hydroxylation sites is 2. The van der Waals surface area contributed by atoms with Crippen molar-refractivity contribution in [1.82, 2.24) is 19.9 Å². The molecule has 0 amide bonds. The number of hydrogen-bond donors (Lipinski definition) is 6. The third-order valence-corrected chi connectivity index (χ3v) is 8.27. The lowest BCUT2D eigenvalue weighted by Gasteiger charge is -2.27. The average Bonchev–Trinajstić information content (AvgIpc) is 3.80. The smallest absolute Gasteiger partial charge is 0.357 e. The fraction of sp³-hybridized carbons (Fsp3) is 0. The summed E-state index contributed by atoms with van der Waals surface area (Å²) in [5, 5.41) is 0. The molecule has 4 heterocycles. The molecule has 10 nitrogen and oxygen atoms in total. The molecule has 0 aliphatic rings. The van der Waals surface area contributed by atoms with E-state index >= 15 is 0 Å². The second kappa shape index (κ2) is 11.7. The van der Waals surface area contributed by atoms with Gasteiger partial charge in [0.2, 0.25) is 0 Å². The number of H-pyrrole nitrogens is 4. The van der Waals surface area contributed by atoms with E-state index in [9.17, 15) is 9.79 Å². The van der Waals surface area contributed by atoms with Gasteiger partial charge in [0.25, 0.3) is 0 Å². The van der Waals surface area contributed by atoms with Crippen molar-refractivity contribution < 1.29 is 18.8 Å². The second-order valence-electron chi connectivity index (χ2n) is 8.53. The highest BCUT2D eigenvalue weighted by molar-refractivity contribution is 7.49. The zero-order chi connectivity index (χ0) is 27.3. The van der Waals surface area contributed by atoms with Crippen LogP contribution in [0.3, 0.4) is 0 Å². The third-order valence-electron chi connectivity index (χ3n) is 6.01. The molecule has 12 heteroatoms. The van der Waals surface area contributed by atoms with E-state index in [4.69, 9.17) is 9.05 Å². The molecule has 0 radical (unpaired) electrons. The molecule has 0 aliphatic heterocycles. The number of hydrogen-bond acceptors (Lipinski definition) is 6. The summed E-state index contributed by atoms with van der Waals surface area (Å²) in [4.78, 5) is 35.2. The molecule has 0 saturated carbocycles. The molecule has 0 spiro atoms. The van der Waals surface area contributed by atoms with Gasteiger partial charge >= 0.3 is 17.1 Å². The molecule has 2 aromatic carbocycles. The predicted molar refractivity (Wildman–Crippen MR) is 159 cm³/mol. The van der Waals surface area contributed by atoms with Crippen molar-refractivity contribution in [2.45, 2.75) is 0 Å². The Balaban J connectivity index is 1.31. The Morgan fingerprint density at radius 3 is 1.07 bits per heavy atom. The molecule has 6 rings (SSSR count). The van der Waals surface area contributed by atoms with E-state index in [1.807, 2.05) is 84.9 Å². The van der Waals surface area contributed by atoms with Gasteiger partial charge < -0.3 is 38.8 Å². The Morgan fingerprint density at radius 2 is 0.775 bits per heavy atom. The number of benzene rings is 2. The van der Waals surface area contributed by atoms with E-state index in [-0.39, 0.29) is 0 Å². The van der Waals surface area contributed by atoms with E-state index in [1.165, 1.54) is 0 Å². The summed E-state index contributed by atoms with van der Waals surface area (Å²) in [5.74, 6) is 3.63. The first-order valence-electron chi connectivity index (χ1n) is 12.3. The largest absolute Gasteiger partial charge is 0.431 e. The van der Waals surface area contributed by atoms with Crippen molar-refractivity contribution >= 4 is 40.3 Å². The van der Waals surface area contributed by atoms with Gasteiger partial charge in [-0.2, -0.15) is 0 Å². The third kappa shape index (κ3) is 5.34. The van der Waals surface area contributed by atoms with Crippen LogP contribution in [0, 0.1) is 0 Å². The lowest BCUT2D eigenvalue weighted by Crippen LogP contribution is -2.14. The predicted octanol–water partition coefficient (Wildman–Crippen LogP) is 7.54. The van der Waals surface area contributed by atoms with E-state index in [0.717, 1.165) is 0 Å². The molecule has 202 valence electrons. The number of anilines is 4. The van der Waals surface area contributed by atoms with Gasteiger partial charge in [0.05, 0.1) is 0 Å². The first kappa shape index (κ1) is 25.8. The molecule has 4 aromatic heterocycles. The highest BCUT2D eigenvalue weighted by atomic mass is 31.2. The lowest BCUT2D eigenvalue weighted by atomic mass is 10.0. The Hall–Kier alpha value is -4.46. The number of aromatic amines is 4. The second-order valence-corrected chi connectivity index (χ2v) is 10.7. The highest BCUT2D eigenvalue weighted by Gasteiger charge is 2.28. The molecule has 2 atom stereocenters. The summed E-state index contributed by atoms with van der Waals surface area (Å²) < 4.78 is 15.8. The summed E-state index contributed by atoms with van der Waals surface area (Å²) in [5.41, 5.74) is 1.40. The topological polar surface area (TPSA) is 129 Å². The summed E-state index contributed by atoms with van der Waals surface area (Å²) in [6.45, 7) is 0. The molecular formula is C28H26N6O4P2. The quantitative estimate of drug-likeness (QED) is 0.0891. The van der Waals surface area contributed by atoms with Crippen molar-refractivity contribution in [2.75, 3.05) is 9.34 Å². The molecule has 0 saturated heterocycles. The van der Waals surface area contributed by atoms with Crippen molar-refractivity contribution in [3.63, 3.8) is 0 Å². The fourth-order valence-electron chi connectivity index (χ4n) is 4.23. The van der Waals surface area contributed by atoms with Gasteiger partial charge in [-0.1, -0.05) is 36.4 Å². The maximum Gasteiger partial charge on any atom is 0.357 e. The molecule has 0 aliphatic carbocycles. The monoisotopic (exact) mass is 572 g/mol. The standard InChI is InChI=1S/C28H26N6O4P2/c35-39(33(25-13-5-17-29-25)26-14-6-18-30-26)37-23-11-3-1-9-21(23)22-10-2-4-12-24(22)38-40(36)34(27-15-7-19-31-27)28-16-8-20-32-28/h1-20,29-32,35-36H. The Labute approximate surface area is 232 Å². The van der Waals surface area contributed by atoms with Crippen LogP contribution in [0.2, 0.25) is 0 Å². The normalized spacial score (nSPS) is 12.6. The molecule has 6 aromatic rings. The lowest BCUT2D eigenvalue weighted by molar-refractivity contribution is 0.482. The van der Waals surface area contributed by atoms with Gasteiger partial charge in [-0.15, -0.1) is 0 Å². The Kier molecular flexibility index (Phi) is 7.57. The van der Waals surface area contributed by atoms with Crippen LogP contribution in [0.1, 0.15) is 0 Å². The number of rotatable bonds is 11. The maximum atomic E-state index is 11.3. The maximum absolute atomic E-state index is 11.3. The van der Waals surface area contributed by atoms with Crippen LogP contribution in [-0.2, 0) is 0 Å². The van der Waals surface area contributed by atoms with E-state index in [2.05, 4.69) is 19.9 Å².